The molecule has 0 spiro atoms. The maximum Gasteiger partial charge on any atom is 0.137 e. The molecule has 0 saturated carbocycles. The van der Waals surface area contributed by atoms with Gasteiger partial charge in [0.1, 0.15) is 27.2 Å². The first kappa shape index (κ1) is 40.2. The third-order valence-electron chi connectivity index (χ3n) is 9.73. The normalized spacial score (nSPS) is 18.1. The largest absolute Gasteiger partial charge is 0.493 e. The maximum atomic E-state index is 6.23. The van der Waals surface area contributed by atoms with Crippen LogP contribution in [0.25, 0.3) is 56.0 Å². The molecule has 4 radical (unpaired) electrons. The smallest absolute Gasteiger partial charge is 0.137 e. The van der Waals surface area contributed by atoms with E-state index in [1.165, 1.54) is 66.2 Å². The molecular formula is C50H54B2O2. The van der Waals surface area contributed by atoms with Crippen LogP contribution in [0.2, 0.25) is 0 Å². The van der Waals surface area contributed by atoms with Crippen LogP contribution < -0.4 is 9.47 Å². The first-order valence-electron chi connectivity index (χ1n) is 19.9. The van der Waals surface area contributed by atoms with Crippen molar-refractivity contribution in [3.8, 4) is 33.8 Å². The third-order valence-corrected chi connectivity index (χ3v) is 9.73. The highest BCUT2D eigenvalue weighted by molar-refractivity contribution is 6.18. The van der Waals surface area contributed by atoms with E-state index in [-0.39, 0.29) is 0 Å². The van der Waals surface area contributed by atoms with E-state index >= 15 is 0 Å². The minimum Gasteiger partial charge on any atom is -0.493 e. The van der Waals surface area contributed by atoms with Gasteiger partial charge in [-0.25, -0.2) is 0 Å². The summed E-state index contributed by atoms with van der Waals surface area (Å²) in [5.74, 6) is 1.86. The Labute approximate surface area is 327 Å². The number of rotatable bonds is 0. The minimum atomic E-state index is -0.755. The lowest BCUT2D eigenvalue weighted by atomic mass is 9.80. The number of ether oxygens (including phenoxy) is 2. The molecule has 2 aliphatic heterocycles. The van der Waals surface area contributed by atoms with Crippen molar-refractivity contribution in [3.63, 3.8) is 0 Å². The molecule has 54 heavy (non-hydrogen) atoms. The van der Waals surface area contributed by atoms with Crippen LogP contribution in [-0.4, -0.2) is 26.7 Å². The van der Waals surface area contributed by atoms with Gasteiger partial charge in [-0.1, -0.05) is 177 Å². The predicted molar refractivity (Wildman–Crippen MR) is 237 cm³/mol. The zero-order valence-corrected chi connectivity index (χ0v) is 33.9. The summed E-state index contributed by atoms with van der Waals surface area (Å²) in [4.78, 5) is 0. The van der Waals surface area contributed by atoms with E-state index in [2.05, 4.69) is 109 Å². The summed E-state index contributed by atoms with van der Waals surface area (Å²) < 4.78 is 12.3. The molecule has 0 aromatic heterocycles. The Kier molecular flexibility index (Phi) is 12.7. The number of hydrogen-bond acceptors (Lipinski definition) is 2. The molecule has 2 atom stereocenters. The third kappa shape index (κ3) is 7.28. The van der Waals surface area contributed by atoms with Crippen molar-refractivity contribution in [3.05, 3.63) is 143 Å². The fraction of sp³-hybridized carbons (Fsp3) is 0.280. The monoisotopic (exact) mass is 708 g/mol. The van der Waals surface area contributed by atoms with Gasteiger partial charge < -0.3 is 9.47 Å². The van der Waals surface area contributed by atoms with Gasteiger partial charge in [0.2, 0.25) is 0 Å². The zero-order valence-electron chi connectivity index (χ0n) is 33.9. The summed E-state index contributed by atoms with van der Waals surface area (Å²) in [6.45, 7) is 19.8. The Hall–Kier alpha value is -4.95. The van der Waals surface area contributed by atoms with Crippen molar-refractivity contribution < 1.29 is 9.47 Å². The second-order valence-electron chi connectivity index (χ2n) is 13.2. The topological polar surface area (TPSA) is 18.5 Å². The van der Waals surface area contributed by atoms with Crippen LogP contribution in [0, 0.1) is 0 Å². The van der Waals surface area contributed by atoms with Crippen molar-refractivity contribution in [1.29, 1.82) is 0 Å². The summed E-state index contributed by atoms with van der Waals surface area (Å²) >= 11 is 0. The molecule has 0 fully saturated rings. The Morgan fingerprint density at radius 3 is 1.39 bits per heavy atom. The Morgan fingerprint density at radius 2 is 0.833 bits per heavy atom. The predicted octanol–water partition coefficient (Wildman–Crippen LogP) is 13.5. The summed E-state index contributed by atoms with van der Waals surface area (Å²) in [6, 6.07) is 34.3. The maximum absolute atomic E-state index is 6.23. The molecule has 0 bridgehead atoms. The first-order chi connectivity index (χ1) is 26.3. The van der Waals surface area contributed by atoms with Gasteiger partial charge in [0.05, 0.1) is 11.0 Å². The van der Waals surface area contributed by atoms with Gasteiger partial charge in [-0.2, -0.15) is 0 Å². The SMILES string of the molecule is CC.CC.CC.CC.[B]C1(C)C=Cc2c(c3c(c4ccccc24)-c2ccccc2C3)O1.[B]C1(C)C=Cc2c3c(c4ccccc4c2O1)-c1ccccc1C3. The lowest BCUT2D eigenvalue weighted by Gasteiger charge is -2.31. The molecule has 2 heterocycles. The quantitative estimate of drug-likeness (QED) is 0.146. The highest BCUT2D eigenvalue weighted by atomic mass is 16.5. The first-order valence-corrected chi connectivity index (χ1v) is 19.9. The summed E-state index contributed by atoms with van der Waals surface area (Å²) in [6.07, 6.45) is 10.0. The van der Waals surface area contributed by atoms with Gasteiger partial charge in [0.25, 0.3) is 0 Å². The van der Waals surface area contributed by atoms with Gasteiger partial charge in [0.15, 0.2) is 0 Å². The van der Waals surface area contributed by atoms with Gasteiger partial charge in [-0.15, -0.1) is 0 Å². The molecule has 0 amide bonds. The van der Waals surface area contributed by atoms with Gasteiger partial charge >= 0.3 is 0 Å². The van der Waals surface area contributed by atoms with Crippen molar-refractivity contribution in [2.45, 2.75) is 93.1 Å². The van der Waals surface area contributed by atoms with E-state index in [0.717, 1.165) is 35.3 Å². The Morgan fingerprint density at radius 1 is 0.444 bits per heavy atom. The lowest BCUT2D eigenvalue weighted by molar-refractivity contribution is 0.223. The van der Waals surface area contributed by atoms with Crippen molar-refractivity contribution in [2.75, 3.05) is 0 Å². The van der Waals surface area contributed by atoms with Gasteiger partial charge in [-0.05, 0) is 75.4 Å². The number of fused-ring (bicyclic) bond motifs is 16. The Bertz CT molecular complexity index is 2330. The van der Waals surface area contributed by atoms with Crippen LogP contribution in [0.15, 0.2) is 109 Å². The minimum absolute atomic E-state index is 0.752. The van der Waals surface area contributed by atoms with E-state index in [1.54, 1.807) is 0 Å². The molecule has 0 saturated heterocycles. The molecule has 0 N–H and O–H groups in total. The van der Waals surface area contributed by atoms with Crippen LogP contribution >= 0.6 is 0 Å². The molecule has 272 valence electrons. The van der Waals surface area contributed by atoms with Gasteiger partial charge in [-0.3, -0.25) is 0 Å². The summed E-state index contributed by atoms with van der Waals surface area (Å²) in [7, 11) is 12.4. The average molecular weight is 709 g/mol. The zero-order chi connectivity index (χ0) is 39.2. The van der Waals surface area contributed by atoms with Crippen molar-refractivity contribution in [2.24, 2.45) is 0 Å². The van der Waals surface area contributed by atoms with E-state index in [4.69, 9.17) is 25.2 Å². The molecule has 2 unspecified atom stereocenters. The standard InChI is InChI=1S/2C21H15BO.4C2H6/c1-21(22)11-10-17-18-12-13-6-2-3-7-14(13)19(18)15-8-4-5-9-16(15)20(17)23-21;1-21(22)11-10-17-15-8-4-5-9-16(15)19-14-7-3-2-6-13(14)12-18(19)20(17)23-21;4*1-2/h2*2-11H,12H2,1H3;4*1-2H3. The molecule has 2 aliphatic carbocycles. The van der Waals surface area contributed by atoms with Gasteiger partial charge in [0, 0.05) is 28.5 Å². The molecule has 6 aromatic carbocycles. The number of hydrogen-bond donors (Lipinski definition) is 0. The van der Waals surface area contributed by atoms with Crippen LogP contribution in [0.5, 0.6) is 11.5 Å². The Balaban J connectivity index is 0.000000176. The van der Waals surface area contributed by atoms with Crippen molar-refractivity contribution in [1.82, 2.24) is 0 Å². The average Bonchev–Trinajstić information content (AvgIpc) is 3.81. The second-order valence-corrected chi connectivity index (χ2v) is 13.2. The summed E-state index contributed by atoms with van der Waals surface area (Å²) in [5, 5.41) is 4.90. The highest BCUT2D eigenvalue weighted by Crippen LogP contribution is 2.51. The van der Waals surface area contributed by atoms with E-state index in [0.29, 0.717) is 0 Å². The molecule has 6 aromatic rings. The molecular weight excluding hydrogens is 654 g/mol. The number of benzene rings is 6. The summed E-state index contributed by atoms with van der Waals surface area (Å²) in [5.41, 5.74) is 11.5. The molecule has 2 nitrogen and oxygen atoms in total. The van der Waals surface area contributed by atoms with Crippen molar-refractivity contribution >= 4 is 49.4 Å². The van der Waals surface area contributed by atoms with E-state index < -0.39 is 11.0 Å². The fourth-order valence-corrected chi connectivity index (χ4v) is 7.73. The van der Waals surface area contributed by atoms with Crippen LogP contribution in [0.3, 0.4) is 0 Å². The molecule has 4 heteroatoms. The van der Waals surface area contributed by atoms with E-state index in [9.17, 15) is 0 Å². The lowest BCUT2D eigenvalue weighted by Crippen LogP contribution is -2.32. The van der Waals surface area contributed by atoms with Crippen LogP contribution in [-0.2, 0) is 12.8 Å². The molecule has 10 rings (SSSR count). The highest BCUT2D eigenvalue weighted by Gasteiger charge is 2.32. The molecule has 4 aliphatic rings. The van der Waals surface area contributed by atoms with Crippen LogP contribution in [0.1, 0.15) is 103 Å². The van der Waals surface area contributed by atoms with Crippen LogP contribution in [0.4, 0.5) is 0 Å². The fourth-order valence-electron chi connectivity index (χ4n) is 7.73. The van der Waals surface area contributed by atoms with E-state index in [1.807, 2.05) is 81.4 Å². The second kappa shape index (κ2) is 17.0.